The Morgan fingerprint density at radius 2 is 1.60 bits per heavy atom. The lowest BCUT2D eigenvalue weighted by atomic mass is 9.95. The molecule has 2 unspecified atom stereocenters. The van der Waals surface area contributed by atoms with Gasteiger partial charge >= 0.3 is 6.03 Å². The molecule has 3 fully saturated rings. The van der Waals surface area contributed by atoms with Gasteiger partial charge in [0.25, 0.3) is 11.8 Å². The maximum atomic E-state index is 14.8. The number of morpholine rings is 1. The molecule has 3 N–H and O–H groups in total. The summed E-state index contributed by atoms with van der Waals surface area (Å²) in [5.41, 5.74) is 1.46. The number of piperidine rings is 1. The Bertz CT molecular complexity index is 1690. The molecule has 5 amide bonds. The van der Waals surface area contributed by atoms with Crippen molar-refractivity contribution in [2.75, 3.05) is 88.9 Å². The highest BCUT2D eigenvalue weighted by molar-refractivity contribution is 7.22. The van der Waals surface area contributed by atoms with Gasteiger partial charge in [-0.15, -0.1) is 0 Å². The number of imide groups is 1. The number of ether oxygens (including phenoxy) is 5. The zero-order chi connectivity index (χ0) is 36.3. The molecule has 0 aliphatic carbocycles. The Kier molecular flexibility index (Phi) is 13.2. The Labute approximate surface area is 304 Å². The summed E-state index contributed by atoms with van der Waals surface area (Å²) < 4.78 is 43.4. The van der Waals surface area contributed by atoms with E-state index < -0.39 is 17.8 Å². The van der Waals surface area contributed by atoms with Crippen molar-refractivity contribution in [3.8, 4) is 5.75 Å². The van der Waals surface area contributed by atoms with Crippen LogP contribution in [0.2, 0.25) is 0 Å². The second-order valence-corrected chi connectivity index (χ2v) is 13.4. The molecule has 3 aliphatic heterocycles. The number of thiazole rings is 1. The number of hydrogen-bond acceptors (Lipinski definition) is 12. The molecule has 0 radical (unpaired) electrons. The van der Waals surface area contributed by atoms with Crippen molar-refractivity contribution < 1.29 is 47.3 Å². The van der Waals surface area contributed by atoms with Gasteiger partial charge in [0.1, 0.15) is 5.52 Å². The van der Waals surface area contributed by atoms with E-state index in [2.05, 4.69) is 20.9 Å². The van der Waals surface area contributed by atoms with Gasteiger partial charge in [0.2, 0.25) is 5.91 Å². The number of nitrogens with zero attached hydrogens (tertiary/aromatic N) is 3. The molecule has 3 saturated heterocycles. The van der Waals surface area contributed by atoms with Crippen molar-refractivity contribution >= 4 is 56.1 Å². The largest absolute Gasteiger partial charge is 0.478 e. The number of fused-ring (bicyclic) bond motifs is 3. The van der Waals surface area contributed by atoms with Gasteiger partial charge in [0.15, 0.2) is 23.3 Å². The second kappa shape index (κ2) is 18.4. The minimum absolute atomic E-state index is 0.0232. The van der Waals surface area contributed by atoms with Gasteiger partial charge in [0, 0.05) is 37.3 Å². The fraction of sp³-hybridized carbons (Fsp3) is 0.514. The number of carbonyl (C=O) groups is 4. The summed E-state index contributed by atoms with van der Waals surface area (Å²) in [6, 6.07) is 9.65. The minimum Gasteiger partial charge on any atom is -0.478 e. The van der Waals surface area contributed by atoms with E-state index in [-0.39, 0.29) is 62.4 Å². The van der Waals surface area contributed by atoms with Gasteiger partial charge < -0.3 is 39.2 Å². The molecule has 280 valence electrons. The van der Waals surface area contributed by atoms with Crippen LogP contribution < -0.4 is 30.5 Å². The van der Waals surface area contributed by atoms with Crippen molar-refractivity contribution in [3.63, 3.8) is 0 Å². The van der Waals surface area contributed by atoms with Crippen molar-refractivity contribution in [1.29, 1.82) is 0 Å². The molecule has 6 rings (SSSR count). The Morgan fingerprint density at radius 3 is 2.29 bits per heavy atom. The zero-order valence-corrected chi connectivity index (χ0v) is 29.6. The average Bonchev–Trinajstić information content (AvgIpc) is 3.57. The second-order valence-electron chi connectivity index (χ2n) is 12.4. The molecule has 2 bridgehead atoms. The predicted molar refractivity (Wildman–Crippen MR) is 190 cm³/mol. The van der Waals surface area contributed by atoms with E-state index in [1.807, 2.05) is 0 Å². The number of nitrogens with one attached hydrogen (secondary N) is 3. The smallest absolute Gasteiger partial charge is 0.328 e. The van der Waals surface area contributed by atoms with E-state index in [9.17, 15) is 23.6 Å². The van der Waals surface area contributed by atoms with Crippen LogP contribution in [0.5, 0.6) is 5.75 Å². The summed E-state index contributed by atoms with van der Waals surface area (Å²) in [6.07, 6.45) is 3.46. The van der Waals surface area contributed by atoms with Gasteiger partial charge in [-0.2, -0.15) is 0 Å². The average molecular weight is 743 g/mol. The predicted octanol–water partition coefficient (Wildman–Crippen LogP) is 2.61. The first-order valence-electron chi connectivity index (χ1n) is 17.4. The summed E-state index contributed by atoms with van der Waals surface area (Å²) in [6.45, 7) is 3.75. The highest BCUT2D eigenvalue weighted by Crippen LogP contribution is 2.40. The minimum atomic E-state index is -0.564. The number of benzene rings is 2. The van der Waals surface area contributed by atoms with Crippen LogP contribution in [0.15, 0.2) is 36.4 Å². The van der Waals surface area contributed by atoms with Gasteiger partial charge in [0.05, 0.1) is 69.6 Å². The number of carbonyl (C=O) groups excluding carboxylic acids is 4. The standard InChI is InChI=1S/C35H43FN6O9S/c36-27-8-9-28-31(40-35(52-28)42-25-2-1-3-26(42)21-50-20-25)32(27)51-22-30(44)37-11-14-47-16-18-49-19-17-48-15-12-38-33(45)23-4-6-24(7-5-23)41-13-10-29(43)39-34(41)46/h4-9,25-26H,1-3,10-22H2,(H,37,44)(H,38,45)(H,39,43,46). The van der Waals surface area contributed by atoms with Crippen molar-refractivity contribution in [2.45, 2.75) is 37.8 Å². The number of halogens is 1. The molecule has 4 heterocycles. The first-order chi connectivity index (χ1) is 25.4. The molecule has 52 heavy (non-hydrogen) atoms. The molecule has 0 spiro atoms. The third-order valence-electron chi connectivity index (χ3n) is 8.85. The number of rotatable bonds is 18. The van der Waals surface area contributed by atoms with E-state index in [4.69, 9.17) is 28.7 Å². The van der Waals surface area contributed by atoms with Crippen LogP contribution in [0.3, 0.4) is 0 Å². The van der Waals surface area contributed by atoms with Gasteiger partial charge in [-0.25, -0.2) is 14.2 Å². The molecule has 2 aromatic carbocycles. The summed E-state index contributed by atoms with van der Waals surface area (Å²) in [4.78, 5) is 56.6. The van der Waals surface area contributed by atoms with Crippen molar-refractivity contribution in [2.24, 2.45) is 0 Å². The first kappa shape index (κ1) is 37.3. The lowest BCUT2D eigenvalue weighted by Gasteiger charge is -2.45. The van der Waals surface area contributed by atoms with E-state index in [0.717, 1.165) is 29.1 Å². The lowest BCUT2D eigenvalue weighted by molar-refractivity contribution is -0.123. The molecule has 15 nitrogen and oxygen atoms in total. The summed E-state index contributed by atoms with van der Waals surface area (Å²) in [5, 5.41) is 8.57. The fourth-order valence-electron chi connectivity index (χ4n) is 6.26. The normalized spacial score (nSPS) is 18.7. The number of urea groups is 1. The quantitative estimate of drug-likeness (QED) is 0.164. The zero-order valence-electron chi connectivity index (χ0n) is 28.7. The van der Waals surface area contributed by atoms with Crippen LogP contribution in [0, 0.1) is 5.82 Å². The summed E-state index contributed by atoms with van der Waals surface area (Å²) >= 11 is 1.50. The van der Waals surface area contributed by atoms with Gasteiger partial charge in [-0.3, -0.25) is 24.6 Å². The number of amides is 5. The van der Waals surface area contributed by atoms with E-state index >= 15 is 0 Å². The Balaban J connectivity index is 0.781. The van der Waals surface area contributed by atoms with Crippen LogP contribution in [0.1, 0.15) is 36.0 Å². The van der Waals surface area contributed by atoms with Crippen molar-refractivity contribution in [3.05, 3.63) is 47.8 Å². The molecule has 17 heteroatoms. The third kappa shape index (κ3) is 9.71. The molecule has 3 aromatic rings. The highest BCUT2D eigenvalue weighted by atomic mass is 32.1. The van der Waals surface area contributed by atoms with E-state index in [0.29, 0.717) is 69.6 Å². The van der Waals surface area contributed by atoms with Gasteiger partial charge in [-0.05, 0) is 55.7 Å². The molecule has 0 saturated carbocycles. The SMILES string of the molecule is O=C(COc1c(F)ccc2sc(N3C4CCCC3COC4)nc12)NCCOCCOCCOCCNC(=O)c1ccc(N2CCC(=O)NC2=O)cc1. The van der Waals surface area contributed by atoms with Crippen LogP contribution >= 0.6 is 11.3 Å². The van der Waals surface area contributed by atoms with Crippen LogP contribution in [-0.4, -0.2) is 120 Å². The third-order valence-corrected chi connectivity index (χ3v) is 9.88. The van der Waals surface area contributed by atoms with Crippen molar-refractivity contribution in [1.82, 2.24) is 20.9 Å². The number of anilines is 2. The van der Waals surface area contributed by atoms with Crippen LogP contribution in [0.25, 0.3) is 10.2 Å². The Morgan fingerprint density at radius 1 is 0.923 bits per heavy atom. The first-order valence-corrected chi connectivity index (χ1v) is 18.3. The molecule has 1 aromatic heterocycles. The molecular formula is C35H43FN6O9S. The summed E-state index contributed by atoms with van der Waals surface area (Å²) in [7, 11) is 0. The fourth-order valence-corrected chi connectivity index (χ4v) is 7.37. The van der Waals surface area contributed by atoms with Gasteiger partial charge in [-0.1, -0.05) is 11.3 Å². The lowest BCUT2D eigenvalue weighted by Crippen LogP contribution is -2.55. The maximum absolute atomic E-state index is 14.8. The van der Waals surface area contributed by atoms with Crippen LogP contribution in [-0.2, 0) is 28.5 Å². The van der Waals surface area contributed by atoms with E-state index in [1.165, 1.54) is 22.3 Å². The number of aromatic nitrogens is 1. The monoisotopic (exact) mass is 742 g/mol. The molecule has 2 atom stereocenters. The number of hydrogen-bond donors (Lipinski definition) is 3. The highest BCUT2D eigenvalue weighted by Gasteiger charge is 2.36. The topological polar surface area (TPSA) is 170 Å². The van der Waals surface area contributed by atoms with E-state index in [1.54, 1.807) is 30.3 Å². The molecule has 3 aliphatic rings. The maximum Gasteiger partial charge on any atom is 0.328 e. The Hall–Kier alpha value is -4.42. The summed E-state index contributed by atoms with van der Waals surface area (Å²) in [5.74, 6) is -1.56. The van der Waals surface area contributed by atoms with Crippen LogP contribution in [0.4, 0.5) is 20.0 Å². The molecular weight excluding hydrogens is 699 g/mol.